The van der Waals surface area contributed by atoms with E-state index in [1.54, 1.807) is 4.90 Å². The van der Waals surface area contributed by atoms with E-state index in [0.29, 0.717) is 31.4 Å². The third-order valence-electron chi connectivity index (χ3n) is 9.12. The van der Waals surface area contributed by atoms with Crippen molar-refractivity contribution in [2.24, 2.45) is 10.9 Å². The van der Waals surface area contributed by atoms with Gasteiger partial charge in [0.25, 0.3) is 0 Å². The highest BCUT2D eigenvalue weighted by molar-refractivity contribution is 5.94. The van der Waals surface area contributed by atoms with Crippen LogP contribution in [-0.4, -0.2) is 65.0 Å². The van der Waals surface area contributed by atoms with Gasteiger partial charge in [-0.2, -0.15) is 0 Å². The standard InChI is InChI=1S/C37H46N6O3/c1-5-21-38-35(32-12-9-22-43(32)36(44)33(25(2)3)42-37(45)46-4)39-23-26-13-15-27(16-14-26)28-17-19-29(20-18-28)31-24-40-34(41-31)30-10-7-6-8-11-30/h1,13-20,24-25,30,32-33H,6-12,21-23H2,2-4H3,(H,38,39)(H,40,41)(H,42,45). The highest BCUT2D eigenvalue weighted by Gasteiger charge is 2.37. The van der Waals surface area contributed by atoms with Crippen molar-refractivity contribution in [3.63, 3.8) is 0 Å². The molecule has 1 aromatic heterocycles. The number of hydrogen-bond donors (Lipinski definition) is 3. The van der Waals surface area contributed by atoms with Crippen molar-refractivity contribution in [2.45, 2.75) is 83.3 Å². The van der Waals surface area contributed by atoms with E-state index in [1.807, 2.05) is 20.0 Å². The number of amidine groups is 1. The number of ether oxygens (including phenoxy) is 1. The average Bonchev–Trinajstić information content (AvgIpc) is 3.79. The number of terminal acetylenes is 1. The van der Waals surface area contributed by atoms with Crippen LogP contribution in [0, 0.1) is 18.3 Å². The Labute approximate surface area is 272 Å². The van der Waals surface area contributed by atoms with E-state index in [2.05, 4.69) is 70.1 Å². The fourth-order valence-corrected chi connectivity index (χ4v) is 6.50. The number of likely N-dealkylation sites (tertiary alicyclic amines) is 1. The lowest BCUT2D eigenvalue weighted by Gasteiger charge is -2.31. The normalized spacial score (nSPS) is 17.8. The smallest absolute Gasteiger partial charge is 0.407 e. The minimum absolute atomic E-state index is 0.105. The number of aliphatic imine (C=N–C) groups is 1. The molecule has 1 saturated heterocycles. The fourth-order valence-electron chi connectivity index (χ4n) is 6.50. The third-order valence-corrected chi connectivity index (χ3v) is 9.12. The van der Waals surface area contributed by atoms with E-state index in [0.717, 1.165) is 46.6 Å². The number of aromatic nitrogens is 2. The quantitative estimate of drug-likeness (QED) is 0.140. The van der Waals surface area contributed by atoms with Gasteiger partial charge in [-0.15, -0.1) is 6.42 Å². The van der Waals surface area contributed by atoms with Gasteiger partial charge in [-0.05, 0) is 53.9 Å². The highest BCUT2D eigenvalue weighted by atomic mass is 16.5. The number of hydrogen-bond acceptors (Lipinski definition) is 5. The van der Waals surface area contributed by atoms with Crippen molar-refractivity contribution < 1.29 is 14.3 Å². The van der Waals surface area contributed by atoms with Crippen LogP contribution in [0.5, 0.6) is 0 Å². The first-order valence-corrected chi connectivity index (χ1v) is 16.5. The van der Waals surface area contributed by atoms with Crippen molar-refractivity contribution in [1.29, 1.82) is 0 Å². The molecule has 242 valence electrons. The SMILES string of the molecule is C#CCNC(=NCc1ccc(-c2ccc(-c3cnc(C4CCCCC4)[nH]3)cc2)cc1)C1CCCN1C(=O)C(NC(=O)OC)C(C)C. The Hall–Kier alpha value is -4.58. The Bertz CT molecular complexity index is 1530. The number of nitrogens with one attached hydrogen (secondary N) is 3. The van der Waals surface area contributed by atoms with E-state index in [-0.39, 0.29) is 17.9 Å². The molecule has 2 atom stereocenters. The lowest BCUT2D eigenvalue weighted by Crippen LogP contribution is -2.55. The number of carbonyl (C=O) groups excluding carboxylic acids is 2. The van der Waals surface area contributed by atoms with Crippen LogP contribution in [0.1, 0.15) is 76.1 Å². The zero-order chi connectivity index (χ0) is 32.5. The van der Waals surface area contributed by atoms with Gasteiger partial charge in [-0.1, -0.05) is 87.6 Å². The maximum Gasteiger partial charge on any atom is 0.407 e. The van der Waals surface area contributed by atoms with Gasteiger partial charge >= 0.3 is 6.09 Å². The van der Waals surface area contributed by atoms with Crippen LogP contribution in [0.25, 0.3) is 22.4 Å². The molecule has 1 saturated carbocycles. The number of carbonyl (C=O) groups is 2. The van der Waals surface area contributed by atoms with Gasteiger partial charge < -0.3 is 25.3 Å². The number of imidazole rings is 1. The lowest BCUT2D eigenvalue weighted by atomic mass is 9.89. The summed E-state index contributed by atoms with van der Waals surface area (Å²) in [6, 6.07) is 16.1. The van der Waals surface area contributed by atoms with Crippen LogP contribution in [0.3, 0.4) is 0 Å². The summed E-state index contributed by atoms with van der Waals surface area (Å²) in [5.74, 6) is 4.74. The molecule has 3 aromatic rings. The summed E-state index contributed by atoms with van der Waals surface area (Å²) >= 11 is 0. The van der Waals surface area contributed by atoms with Gasteiger partial charge in [0, 0.05) is 12.5 Å². The van der Waals surface area contributed by atoms with Crippen LogP contribution >= 0.6 is 0 Å². The largest absolute Gasteiger partial charge is 0.453 e. The summed E-state index contributed by atoms with van der Waals surface area (Å²) in [6.07, 6.45) is 14.9. The molecule has 2 amide bonds. The van der Waals surface area contributed by atoms with Gasteiger partial charge in [0.15, 0.2) is 0 Å². The van der Waals surface area contributed by atoms with E-state index in [1.165, 1.54) is 39.2 Å². The molecule has 2 fully saturated rings. The highest BCUT2D eigenvalue weighted by Crippen LogP contribution is 2.32. The second-order valence-electron chi connectivity index (χ2n) is 12.6. The number of H-pyrrole nitrogens is 1. The number of alkyl carbamates (subject to hydrolysis) is 1. The first-order chi connectivity index (χ1) is 22.4. The number of methoxy groups -OCH3 is 1. The minimum Gasteiger partial charge on any atom is -0.453 e. The predicted octanol–water partition coefficient (Wildman–Crippen LogP) is 6.28. The van der Waals surface area contributed by atoms with Crippen molar-refractivity contribution >= 4 is 17.8 Å². The monoisotopic (exact) mass is 622 g/mol. The van der Waals surface area contributed by atoms with E-state index < -0.39 is 12.1 Å². The Morgan fingerprint density at radius 1 is 1.02 bits per heavy atom. The van der Waals surface area contributed by atoms with Gasteiger partial charge in [0.1, 0.15) is 17.7 Å². The Morgan fingerprint density at radius 2 is 1.70 bits per heavy atom. The zero-order valence-corrected chi connectivity index (χ0v) is 27.2. The average molecular weight is 623 g/mol. The van der Waals surface area contributed by atoms with Gasteiger partial charge in [0.2, 0.25) is 5.91 Å². The van der Waals surface area contributed by atoms with Crippen LogP contribution in [0.2, 0.25) is 0 Å². The van der Waals surface area contributed by atoms with Crippen LogP contribution in [0.15, 0.2) is 59.7 Å². The maximum absolute atomic E-state index is 13.6. The molecule has 0 radical (unpaired) electrons. The number of aromatic amines is 1. The van der Waals surface area contributed by atoms with Crippen LogP contribution in [-0.2, 0) is 16.1 Å². The maximum atomic E-state index is 13.6. The molecule has 2 aromatic carbocycles. The summed E-state index contributed by atoms with van der Waals surface area (Å²) in [7, 11) is 1.29. The fraction of sp³-hybridized carbons (Fsp3) is 0.459. The molecule has 46 heavy (non-hydrogen) atoms. The first kappa shape index (κ1) is 32.8. The van der Waals surface area contributed by atoms with Crippen molar-refractivity contribution in [3.8, 4) is 34.7 Å². The lowest BCUT2D eigenvalue weighted by molar-refractivity contribution is -0.134. The summed E-state index contributed by atoms with van der Waals surface area (Å²) in [5, 5.41) is 5.96. The van der Waals surface area contributed by atoms with Crippen molar-refractivity contribution in [1.82, 2.24) is 25.5 Å². The Balaban J connectivity index is 1.25. The zero-order valence-electron chi connectivity index (χ0n) is 27.2. The molecule has 0 bridgehead atoms. The molecule has 2 unspecified atom stereocenters. The Morgan fingerprint density at radius 3 is 2.35 bits per heavy atom. The number of benzene rings is 2. The summed E-state index contributed by atoms with van der Waals surface area (Å²) in [5.41, 5.74) is 5.52. The minimum atomic E-state index is -0.693. The third kappa shape index (κ3) is 7.97. The number of rotatable bonds is 10. The Kier molecular flexibility index (Phi) is 11.1. The summed E-state index contributed by atoms with van der Waals surface area (Å²) in [6.45, 7) is 5.14. The molecule has 9 heteroatoms. The second-order valence-corrected chi connectivity index (χ2v) is 12.6. The summed E-state index contributed by atoms with van der Waals surface area (Å²) in [4.78, 5) is 40.5. The number of nitrogens with zero attached hydrogens (tertiary/aromatic N) is 3. The predicted molar refractivity (Wildman–Crippen MR) is 182 cm³/mol. The number of amides is 2. The topological polar surface area (TPSA) is 112 Å². The molecule has 2 aliphatic rings. The van der Waals surface area contributed by atoms with Gasteiger partial charge in [0.05, 0.1) is 38.1 Å². The molecular formula is C37H46N6O3. The molecule has 2 heterocycles. The molecule has 3 N–H and O–H groups in total. The van der Waals surface area contributed by atoms with Gasteiger partial charge in [-0.3, -0.25) is 9.79 Å². The molecule has 1 aliphatic heterocycles. The van der Waals surface area contributed by atoms with E-state index in [4.69, 9.17) is 21.1 Å². The van der Waals surface area contributed by atoms with Crippen LogP contribution < -0.4 is 10.6 Å². The molecular weight excluding hydrogens is 576 g/mol. The molecule has 1 aliphatic carbocycles. The van der Waals surface area contributed by atoms with Gasteiger partial charge in [-0.25, -0.2) is 9.78 Å². The molecule has 9 nitrogen and oxygen atoms in total. The van der Waals surface area contributed by atoms with E-state index in [9.17, 15) is 9.59 Å². The molecule has 0 spiro atoms. The first-order valence-electron chi connectivity index (χ1n) is 16.5. The van der Waals surface area contributed by atoms with E-state index >= 15 is 0 Å². The second kappa shape index (κ2) is 15.6. The van der Waals surface area contributed by atoms with Crippen LogP contribution in [0.4, 0.5) is 4.79 Å². The van der Waals surface area contributed by atoms with Crippen molar-refractivity contribution in [3.05, 3.63) is 66.1 Å². The molecule has 5 rings (SSSR count). The summed E-state index contributed by atoms with van der Waals surface area (Å²) < 4.78 is 4.76. The van der Waals surface area contributed by atoms with Crippen molar-refractivity contribution in [2.75, 3.05) is 20.2 Å².